The van der Waals surface area contributed by atoms with Crippen molar-refractivity contribution in [2.45, 2.75) is 22.2 Å². The van der Waals surface area contributed by atoms with Crippen LogP contribution in [0.2, 0.25) is 0 Å². The number of hydrogen-bond donors (Lipinski definition) is 1. The largest absolute Gasteiger partial charge is 0.241 e. The molecule has 140 valence electrons. The van der Waals surface area contributed by atoms with Crippen molar-refractivity contribution in [3.63, 3.8) is 0 Å². The number of halogens is 2. The lowest BCUT2D eigenvalue weighted by molar-refractivity contribution is 0.533. The molecule has 6 heteroatoms. The summed E-state index contributed by atoms with van der Waals surface area (Å²) in [5, 5.41) is 0. The molecular formula is C21H19Cl2NO2S. The first kappa shape index (κ1) is 19.9. The molecule has 0 bridgehead atoms. The smallest absolute Gasteiger partial charge is 0.207 e. The second-order valence-electron chi connectivity index (χ2n) is 6.27. The third-order valence-corrected chi connectivity index (χ3v) is 6.57. The zero-order valence-electron chi connectivity index (χ0n) is 14.6. The molecule has 0 fully saturated rings. The molecule has 0 aliphatic heterocycles. The first-order chi connectivity index (χ1) is 12.8. The second kappa shape index (κ2) is 8.03. The Morgan fingerprint density at radius 1 is 0.815 bits per heavy atom. The standard InChI is InChI=1S/C21H19Cl2NO2S/c1-16-12-14-17(15-13-16)20(21(22,23)18-8-4-2-5-9-18)24-27(25,26)19-10-6-3-7-11-19/h2-15,20,24H,1H3. The van der Waals surface area contributed by atoms with Gasteiger partial charge in [-0.3, -0.25) is 0 Å². The maximum Gasteiger partial charge on any atom is 0.241 e. The zero-order chi connectivity index (χ0) is 19.5. The topological polar surface area (TPSA) is 46.2 Å². The van der Waals surface area contributed by atoms with Crippen LogP contribution in [0.1, 0.15) is 22.7 Å². The van der Waals surface area contributed by atoms with Gasteiger partial charge in [0, 0.05) is 0 Å². The summed E-state index contributed by atoms with van der Waals surface area (Å²) in [4.78, 5) is 0.152. The predicted molar refractivity (Wildman–Crippen MR) is 111 cm³/mol. The first-order valence-corrected chi connectivity index (χ1v) is 10.6. The van der Waals surface area contributed by atoms with Crippen LogP contribution in [0, 0.1) is 6.92 Å². The first-order valence-electron chi connectivity index (χ1n) is 8.38. The van der Waals surface area contributed by atoms with Crippen LogP contribution in [0.5, 0.6) is 0 Å². The minimum absolute atomic E-state index is 0.152. The molecule has 1 N–H and O–H groups in total. The van der Waals surface area contributed by atoms with Crippen molar-refractivity contribution in [2.75, 3.05) is 0 Å². The lowest BCUT2D eigenvalue weighted by Gasteiger charge is -2.31. The zero-order valence-corrected chi connectivity index (χ0v) is 17.0. The highest BCUT2D eigenvalue weighted by Crippen LogP contribution is 2.45. The Kier molecular flexibility index (Phi) is 5.92. The van der Waals surface area contributed by atoms with Crippen LogP contribution in [-0.4, -0.2) is 8.42 Å². The number of hydrogen-bond acceptors (Lipinski definition) is 2. The van der Waals surface area contributed by atoms with Crippen LogP contribution >= 0.6 is 23.2 Å². The number of sulfonamides is 1. The summed E-state index contributed by atoms with van der Waals surface area (Å²) in [6, 6.07) is 23.7. The van der Waals surface area contributed by atoms with Crippen molar-refractivity contribution < 1.29 is 8.42 Å². The van der Waals surface area contributed by atoms with E-state index in [0.717, 1.165) is 5.56 Å². The molecule has 3 nitrogen and oxygen atoms in total. The van der Waals surface area contributed by atoms with Crippen LogP contribution in [0.25, 0.3) is 0 Å². The van der Waals surface area contributed by atoms with Gasteiger partial charge in [0.1, 0.15) is 0 Å². The molecule has 3 aromatic rings. The van der Waals surface area contributed by atoms with Crippen molar-refractivity contribution in [3.05, 3.63) is 102 Å². The van der Waals surface area contributed by atoms with Gasteiger partial charge in [-0.1, -0.05) is 102 Å². The van der Waals surface area contributed by atoms with Gasteiger partial charge in [0.2, 0.25) is 10.0 Å². The normalized spacial score (nSPS) is 13.3. The molecule has 0 radical (unpaired) electrons. The van der Waals surface area contributed by atoms with E-state index in [2.05, 4.69) is 4.72 Å². The summed E-state index contributed by atoms with van der Waals surface area (Å²) in [5.74, 6) is 0. The maximum absolute atomic E-state index is 12.9. The summed E-state index contributed by atoms with van der Waals surface area (Å²) < 4.78 is 27.1. The van der Waals surface area contributed by atoms with Crippen molar-refractivity contribution >= 4 is 33.2 Å². The average Bonchev–Trinajstić information content (AvgIpc) is 2.68. The number of alkyl halides is 2. The number of benzene rings is 3. The molecule has 1 atom stereocenters. The molecule has 0 aliphatic carbocycles. The van der Waals surface area contributed by atoms with Gasteiger partial charge in [-0.15, -0.1) is 0 Å². The lowest BCUT2D eigenvalue weighted by Crippen LogP contribution is -2.38. The Labute approximate surface area is 170 Å². The quantitative estimate of drug-likeness (QED) is 0.547. The van der Waals surface area contributed by atoms with Crippen molar-refractivity contribution in [1.29, 1.82) is 0 Å². The minimum atomic E-state index is -3.83. The van der Waals surface area contributed by atoms with Crippen LogP contribution in [0.15, 0.2) is 89.8 Å². The van der Waals surface area contributed by atoms with Crippen molar-refractivity contribution in [3.8, 4) is 0 Å². The molecule has 0 aliphatic rings. The summed E-state index contributed by atoms with van der Waals surface area (Å²) in [5.41, 5.74) is 2.33. The van der Waals surface area contributed by atoms with Crippen LogP contribution in [-0.2, 0) is 14.4 Å². The number of nitrogens with one attached hydrogen (secondary N) is 1. The van der Waals surface area contributed by atoms with Crippen molar-refractivity contribution in [2.24, 2.45) is 0 Å². The third kappa shape index (κ3) is 4.53. The SMILES string of the molecule is Cc1ccc(C(NS(=O)(=O)c2ccccc2)C(Cl)(Cl)c2ccccc2)cc1. The van der Waals surface area contributed by atoms with Gasteiger partial charge in [-0.05, 0) is 30.2 Å². The number of rotatable bonds is 6. The van der Waals surface area contributed by atoms with E-state index in [1.165, 1.54) is 12.1 Å². The maximum atomic E-state index is 12.9. The molecule has 0 saturated heterocycles. The minimum Gasteiger partial charge on any atom is -0.207 e. The van der Waals surface area contributed by atoms with E-state index in [-0.39, 0.29) is 4.90 Å². The fourth-order valence-corrected chi connectivity index (χ4v) is 4.78. The highest BCUT2D eigenvalue weighted by Gasteiger charge is 2.40. The van der Waals surface area contributed by atoms with E-state index in [4.69, 9.17) is 23.2 Å². The highest BCUT2D eigenvalue weighted by molar-refractivity contribution is 7.89. The van der Waals surface area contributed by atoms with Crippen LogP contribution in [0.4, 0.5) is 0 Å². The van der Waals surface area contributed by atoms with Gasteiger partial charge in [0.05, 0.1) is 10.9 Å². The van der Waals surface area contributed by atoms with Gasteiger partial charge in [0.25, 0.3) is 0 Å². The van der Waals surface area contributed by atoms with Gasteiger partial charge in [0.15, 0.2) is 4.33 Å². The third-order valence-electron chi connectivity index (χ3n) is 4.26. The molecule has 0 amide bonds. The van der Waals surface area contributed by atoms with Gasteiger partial charge < -0.3 is 0 Å². The molecule has 0 spiro atoms. The lowest BCUT2D eigenvalue weighted by atomic mass is 9.98. The van der Waals surface area contributed by atoms with Gasteiger partial charge in [-0.2, -0.15) is 0 Å². The highest BCUT2D eigenvalue weighted by atomic mass is 35.5. The Morgan fingerprint density at radius 3 is 1.89 bits per heavy atom. The summed E-state index contributed by atoms with van der Waals surface area (Å²) in [6.07, 6.45) is 0. The van der Waals surface area contributed by atoms with E-state index in [1.807, 2.05) is 49.4 Å². The monoisotopic (exact) mass is 419 g/mol. The Hall–Kier alpha value is -1.85. The molecular weight excluding hydrogens is 401 g/mol. The van der Waals surface area contributed by atoms with E-state index in [9.17, 15) is 8.42 Å². The van der Waals surface area contributed by atoms with Gasteiger partial charge >= 0.3 is 0 Å². The number of aryl methyl sites for hydroxylation is 1. The van der Waals surface area contributed by atoms with Gasteiger partial charge in [-0.25, -0.2) is 13.1 Å². The molecule has 3 rings (SSSR count). The fraction of sp³-hybridized carbons (Fsp3) is 0.143. The molecule has 27 heavy (non-hydrogen) atoms. The van der Waals surface area contributed by atoms with Crippen molar-refractivity contribution in [1.82, 2.24) is 4.72 Å². The van der Waals surface area contributed by atoms with E-state index >= 15 is 0 Å². The molecule has 3 aromatic carbocycles. The molecule has 0 aromatic heterocycles. The fourth-order valence-electron chi connectivity index (χ4n) is 2.76. The Balaban J connectivity index is 2.07. The molecule has 1 unspecified atom stereocenters. The molecule has 0 heterocycles. The second-order valence-corrected chi connectivity index (χ2v) is 9.37. The molecule has 0 saturated carbocycles. The van der Waals surface area contributed by atoms with Crippen LogP contribution < -0.4 is 4.72 Å². The summed E-state index contributed by atoms with van der Waals surface area (Å²) >= 11 is 13.5. The Morgan fingerprint density at radius 2 is 1.33 bits per heavy atom. The summed E-state index contributed by atoms with van der Waals surface area (Å²) in [7, 11) is -3.83. The summed E-state index contributed by atoms with van der Waals surface area (Å²) in [6.45, 7) is 1.96. The average molecular weight is 420 g/mol. The Bertz CT molecular complexity index is 989. The van der Waals surface area contributed by atoms with Crippen LogP contribution in [0.3, 0.4) is 0 Å². The van der Waals surface area contributed by atoms with E-state index in [0.29, 0.717) is 11.1 Å². The van der Waals surface area contributed by atoms with E-state index < -0.39 is 20.4 Å². The van der Waals surface area contributed by atoms with E-state index in [1.54, 1.807) is 30.3 Å². The predicted octanol–water partition coefficient (Wildman–Crippen LogP) is 5.35.